The first-order valence-electron chi connectivity index (χ1n) is 8.91. The Morgan fingerprint density at radius 2 is 1.44 bits per heavy atom. The molecule has 2 atom stereocenters. The molecule has 2 fully saturated rings. The van der Waals surface area contributed by atoms with Crippen molar-refractivity contribution in [1.82, 2.24) is 4.90 Å². The van der Waals surface area contributed by atoms with Gasteiger partial charge in [-0.15, -0.1) is 0 Å². The smallest absolute Gasteiger partial charge is 0.358 e. The average molecular weight is 387 g/mol. The van der Waals surface area contributed by atoms with Crippen LogP contribution in [-0.2, 0) is 28.3 Å². The van der Waals surface area contributed by atoms with Gasteiger partial charge in [0, 0.05) is 18.4 Å². The first-order valence-corrected chi connectivity index (χ1v) is 8.91. The van der Waals surface area contributed by atoms with E-state index in [0.29, 0.717) is 18.2 Å². The van der Waals surface area contributed by atoms with Gasteiger partial charge in [-0.1, -0.05) is 68.9 Å². The van der Waals surface area contributed by atoms with Crippen molar-refractivity contribution in [3.05, 3.63) is 50.7 Å². The summed E-state index contributed by atoms with van der Waals surface area (Å²) in [6, 6.07) is 10.5. The van der Waals surface area contributed by atoms with Crippen LogP contribution in [0.5, 0.6) is 0 Å². The van der Waals surface area contributed by atoms with Gasteiger partial charge in [-0.2, -0.15) is 0 Å². The van der Waals surface area contributed by atoms with E-state index in [1.807, 2.05) is 30.3 Å². The molecule has 2 nitrogen and oxygen atoms in total. The number of carbonyl (C=O) groups excluding carboxylic acids is 1. The Labute approximate surface area is 167 Å². The Balaban J connectivity index is 0. The van der Waals surface area contributed by atoms with Crippen LogP contribution in [0.25, 0.3) is 0 Å². The molecule has 0 aliphatic heterocycles. The number of nitrogens with zero attached hydrogens (tertiary/aromatic N) is 1. The normalized spacial score (nSPS) is 21.2. The van der Waals surface area contributed by atoms with E-state index in [1.165, 1.54) is 38.5 Å². The Morgan fingerprint density at radius 1 is 0.920 bits per heavy atom. The van der Waals surface area contributed by atoms with Gasteiger partial charge in [0.1, 0.15) is 5.78 Å². The zero-order valence-corrected chi connectivity index (χ0v) is 17.7. The number of ketones is 1. The zero-order valence-electron chi connectivity index (χ0n) is 16.6. The van der Waals surface area contributed by atoms with Crippen molar-refractivity contribution >= 4 is 5.78 Å². The quantitative estimate of drug-likeness (QED) is 0.511. The fourth-order valence-corrected chi connectivity index (χ4v) is 3.75. The molecule has 3 heteroatoms. The van der Waals surface area contributed by atoms with Gasteiger partial charge in [0.15, 0.2) is 0 Å². The molecule has 144 valence electrons. The van der Waals surface area contributed by atoms with Gasteiger partial charge in [0.25, 0.3) is 0 Å². The van der Waals surface area contributed by atoms with Crippen LogP contribution >= 0.6 is 0 Å². The maximum Gasteiger partial charge on any atom is 2.00 e. The summed E-state index contributed by atoms with van der Waals surface area (Å²) in [7, 11) is 4.16. The molecule has 0 bridgehead atoms. The Kier molecular flexibility index (Phi) is 15.5. The van der Waals surface area contributed by atoms with E-state index in [-0.39, 0.29) is 37.8 Å². The van der Waals surface area contributed by atoms with Crippen LogP contribution in [0.3, 0.4) is 0 Å². The van der Waals surface area contributed by atoms with Crippen molar-refractivity contribution in [1.29, 1.82) is 0 Å². The van der Waals surface area contributed by atoms with Crippen molar-refractivity contribution in [2.75, 3.05) is 14.1 Å². The molecule has 2 aliphatic carbocycles. The predicted molar refractivity (Wildman–Crippen MR) is 106 cm³/mol. The molecule has 0 amide bonds. The van der Waals surface area contributed by atoms with Crippen LogP contribution in [0.15, 0.2) is 30.3 Å². The molecule has 0 saturated heterocycles. The standard InChI is InChI=1S/C15H21NO.C5H10.2CH3.Fe/c1-16(2)14-10-6-9-13(14)15(17)11-12-7-4-3-5-8-12;1-2-4-5-3-1;;;/h3-5,7-8,13-14H,6,9-11H2,1-2H3;1-5H2;2*1H3;/q;;2*-1;+2. The third-order valence-corrected chi connectivity index (χ3v) is 5.03. The summed E-state index contributed by atoms with van der Waals surface area (Å²) in [5, 5.41) is 0. The summed E-state index contributed by atoms with van der Waals surface area (Å²) in [6.45, 7) is 0. The summed E-state index contributed by atoms with van der Waals surface area (Å²) < 4.78 is 0. The van der Waals surface area contributed by atoms with Crippen molar-refractivity contribution in [3.63, 3.8) is 0 Å². The summed E-state index contributed by atoms with van der Waals surface area (Å²) in [5.74, 6) is 0.651. The zero-order chi connectivity index (χ0) is 15.8. The number of benzene rings is 1. The van der Waals surface area contributed by atoms with Crippen LogP contribution in [0.2, 0.25) is 0 Å². The van der Waals surface area contributed by atoms with Gasteiger partial charge >= 0.3 is 17.1 Å². The van der Waals surface area contributed by atoms with E-state index in [4.69, 9.17) is 0 Å². The molecule has 25 heavy (non-hydrogen) atoms. The van der Waals surface area contributed by atoms with E-state index < -0.39 is 0 Å². The van der Waals surface area contributed by atoms with Crippen molar-refractivity contribution in [2.24, 2.45) is 5.92 Å². The van der Waals surface area contributed by atoms with E-state index in [1.54, 1.807) is 0 Å². The molecule has 2 aliphatic rings. The Morgan fingerprint density at radius 3 is 1.92 bits per heavy atom. The van der Waals surface area contributed by atoms with Gasteiger partial charge in [-0.25, -0.2) is 0 Å². The third-order valence-electron chi connectivity index (χ3n) is 5.03. The minimum atomic E-state index is 0. The second-order valence-corrected chi connectivity index (χ2v) is 6.96. The number of carbonyl (C=O) groups is 1. The molecular weight excluding hydrogens is 350 g/mol. The second-order valence-electron chi connectivity index (χ2n) is 6.96. The van der Waals surface area contributed by atoms with Crippen molar-refractivity contribution in [2.45, 2.75) is 63.8 Å². The molecule has 0 heterocycles. The molecule has 2 saturated carbocycles. The number of rotatable bonds is 4. The van der Waals surface area contributed by atoms with Crippen LogP contribution in [0.4, 0.5) is 0 Å². The Bertz CT molecular complexity index is 435. The Hall–Kier alpha value is -0.631. The maximum absolute atomic E-state index is 12.3. The maximum atomic E-state index is 12.3. The largest absolute Gasteiger partial charge is 2.00 e. The fourth-order valence-electron chi connectivity index (χ4n) is 3.75. The molecular formula is C22H37FeNO. The second kappa shape index (κ2) is 14.5. The topological polar surface area (TPSA) is 20.3 Å². The van der Waals surface area contributed by atoms with E-state index in [0.717, 1.165) is 18.4 Å². The molecule has 0 spiro atoms. The number of hydrogen-bond acceptors (Lipinski definition) is 2. The molecule has 1 aromatic carbocycles. The van der Waals surface area contributed by atoms with Crippen LogP contribution in [0.1, 0.15) is 56.9 Å². The predicted octanol–water partition coefficient (Wildman–Crippen LogP) is 5.38. The summed E-state index contributed by atoms with van der Waals surface area (Å²) in [6.07, 6.45) is 11.5. The van der Waals surface area contributed by atoms with Crippen molar-refractivity contribution in [3.8, 4) is 0 Å². The fraction of sp³-hybridized carbons (Fsp3) is 0.591. The monoisotopic (exact) mass is 387 g/mol. The van der Waals surface area contributed by atoms with Gasteiger partial charge in [-0.3, -0.25) is 4.79 Å². The molecule has 3 rings (SSSR count). The van der Waals surface area contributed by atoms with E-state index in [2.05, 4.69) is 19.0 Å². The minimum Gasteiger partial charge on any atom is -0.358 e. The van der Waals surface area contributed by atoms with Crippen LogP contribution < -0.4 is 0 Å². The SMILES string of the molecule is C1CCCC1.CN(C)C1CCCC1C(=O)Cc1ccccc1.[CH3-].[CH3-].[Fe+2]. The third kappa shape index (κ3) is 9.03. The minimum absolute atomic E-state index is 0. The molecule has 2 unspecified atom stereocenters. The van der Waals surface area contributed by atoms with E-state index in [9.17, 15) is 4.79 Å². The first-order chi connectivity index (χ1) is 10.7. The first kappa shape index (κ1) is 26.6. The molecule has 0 radical (unpaired) electrons. The van der Waals surface area contributed by atoms with Gasteiger partial charge in [0.2, 0.25) is 0 Å². The summed E-state index contributed by atoms with van der Waals surface area (Å²) in [4.78, 5) is 14.5. The van der Waals surface area contributed by atoms with Gasteiger partial charge < -0.3 is 19.8 Å². The number of hydrogen-bond donors (Lipinski definition) is 0. The molecule has 0 N–H and O–H groups in total. The van der Waals surface area contributed by atoms with Gasteiger partial charge in [-0.05, 0) is 32.5 Å². The van der Waals surface area contributed by atoms with E-state index >= 15 is 0 Å². The average Bonchev–Trinajstić information content (AvgIpc) is 3.22. The summed E-state index contributed by atoms with van der Waals surface area (Å²) >= 11 is 0. The summed E-state index contributed by atoms with van der Waals surface area (Å²) in [5.41, 5.74) is 1.14. The molecule has 1 aromatic rings. The van der Waals surface area contributed by atoms with Crippen LogP contribution in [0, 0.1) is 20.8 Å². The van der Waals surface area contributed by atoms with Crippen LogP contribution in [-0.4, -0.2) is 30.8 Å². The van der Waals surface area contributed by atoms with Gasteiger partial charge in [0.05, 0.1) is 0 Å². The number of Topliss-reactive ketones (excluding diaryl/α,β-unsaturated/α-hetero) is 1. The van der Waals surface area contributed by atoms with Crippen molar-refractivity contribution < 1.29 is 21.9 Å². The molecule has 0 aromatic heterocycles.